The maximum Gasteiger partial charge on any atom is 0.281 e. The van der Waals surface area contributed by atoms with Crippen LogP contribution in [0.3, 0.4) is 0 Å². The van der Waals surface area contributed by atoms with Gasteiger partial charge in [-0.05, 0) is 145 Å². The van der Waals surface area contributed by atoms with Crippen molar-refractivity contribution in [2.24, 2.45) is 5.41 Å². The molecule has 1 spiro atoms. The maximum atomic E-state index is 14.7. The summed E-state index contributed by atoms with van der Waals surface area (Å²) in [5.41, 5.74) is 2.57. The summed E-state index contributed by atoms with van der Waals surface area (Å²) >= 11 is 9.90. The lowest BCUT2D eigenvalue weighted by molar-refractivity contribution is -0.145. The van der Waals surface area contributed by atoms with Gasteiger partial charge in [-0.15, -0.1) is 0 Å². The molecule has 2 saturated carbocycles. The number of unbranched alkanes of at least 4 members (excludes halogenated alkanes) is 2. The summed E-state index contributed by atoms with van der Waals surface area (Å²) in [5, 5.41) is 17.8. The van der Waals surface area contributed by atoms with Crippen molar-refractivity contribution in [3.63, 3.8) is 0 Å². The van der Waals surface area contributed by atoms with Gasteiger partial charge >= 0.3 is 0 Å². The predicted octanol–water partition coefficient (Wildman–Crippen LogP) is 8.96. The van der Waals surface area contributed by atoms with Crippen LogP contribution in [0.15, 0.2) is 69.9 Å². The first-order valence-corrected chi connectivity index (χ1v) is 25.4. The number of fused-ring (bicyclic) bond motifs is 7. The third-order valence-electron chi connectivity index (χ3n) is 15.2. The van der Waals surface area contributed by atoms with Crippen LogP contribution in [0.2, 0.25) is 5.02 Å². The van der Waals surface area contributed by atoms with Gasteiger partial charge in [-0.25, -0.2) is 4.39 Å². The van der Waals surface area contributed by atoms with Gasteiger partial charge in [-0.2, -0.15) is 4.98 Å². The molecule has 2 aliphatic carbocycles. The van der Waals surface area contributed by atoms with Crippen molar-refractivity contribution in [3.8, 4) is 5.69 Å². The highest BCUT2D eigenvalue weighted by atomic mass is 79.9. The molecule has 66 heavy (non-hydrogen) atoms. The van der Waals surface area contributed by atoms with Crippen molar-refractivity contribution < 1.29 is 23.9 Å². The number of hydrogen-bond donors (Lipinski definition) is 3. The molecule has 0 unspecified atom stereocenters. The van der Waals surface area contributed by atoms with E-state index in [1.807, 2.05) is 24.3 Å². The van der Waals surface area contributed by atoms with E-state index in [4.69, 9.17) is 16.6 Å². The maximum absolute atomic E-state index is 14.7. The van der Waals surface area contributed by atoms with Crippen molar-refractivity contribution >= 4 is 56.2 Å². The molecule has 0 bridgehead atoms. The molecule has 9 rings (SSSR count). The van der Waals surface area contributed by atoms with Crippen LogP contribution < -0.4 is 16.2 Å². The molecule has 3 N–H and O–H groups in total. The van der Waals surface area contributed by atoms with Gasteiger partial charge in [0.2, 0.25) is 11.8 Å². The minimum Gasteiger partial charge on any atom is -0.391 e. The van der Waals surface area contributed by atoms with Crippen LogP contribution >= 0.6 is 27.5 Å². The number of halogens is 3. The quantitative estimate of drug-likeness (QED) is 0.114. The predicted molar refractivity (Wildman–Crippen MR) is 259 cm³/mol. The Bertz CT molecular complexity index is 2540. The summed E-state index contributed by atoms with van der Waals surface area (Å²) in [7, 11) is 0. The number of hydrogen-bond acceptors (Lipinski definition) is 7. The lowest BCUT2D eigenvalue weighted by Crippen LogP contribution is -2.59. The van der Waals surface area contributed by atoms with E-state index in [-0.39, 0.29) is 48.7 Å². The molecule has 4 aromatic rings. The second-order valence-electron chi connectivity index (χ2n) is 20.8. The number of aliphatic hydroxyl groups is 1. The molecule has 3 aromatic carbocycles. The highest BCUT2D eigenvalue weighted by Crippen LogP contribution is 2.52. The molecule has 5 aliphatic rings. The van der Waals surface area contributed by atoms with Crippen LogP contribution in [0, 0.1) is 5.41 Å². The van der Waals surface area contributed by atoms with Crippen molar-refractivity contribution in [3.05, 3.63) is 103 Å². The highest BCUT2D eigenvalue weighted by molar-refractivity contribution is 9.10. The number of piperidine rings is 1. The van der Waals surface area contributed by atoms with E-state index < -0.39 is 41.1 Å². The van der Waals surface area contributed by atoms with Gasteiger partial charge in [0.15, 0.2) is 5.67 Å². The smallest absolute Gasteiger partial charge is 0.281 e. The molecule has 2 saturated heterocycles. The molecule has 14 heteroatoms. The first-order chi connectivity index (χ1) is 31.6. The van der Waals surface area contributed by atoms with Gasteiger partial charge in [0.1, 0.15) is 17.9 Å². The number of β-amino-alcohol motifs (C(OH)–C–C–N with tert-alkyl or cyclic N) is 1. The summed E-state index contributed by atoms with van der Waals surface area (Å²) < 4.78 is 17.8. The van der Waals surface area contributed by atoms with Gasteiger partial charge in [-0.1, -0.05) is 94.8 Å². The monoisotopic (exact) mass is 984 g/mol. The third-order valence-corrected chi connectivity index (χ3v) is 16.2. The standard InChI is InChI=1S/C52H63BrClFN6O5/c1-50(2,3)44(57-49(66)52(55)24-25-52)47(65)60-31-36(62)30-42(60)45(63)56-39(33-14-17-35(54)18-15-33)12-6-4-9-26-59-27-20-32(21-28-59)34-16-19-37-41(29-34)61-40-13-10-11-38(53)43(40)46(64)58-48(61)51(37)22-7-5-8-23-51/h10-11,13-19,29,32,36,39,42,44,62H,4-9,12,20-28,30-31H2,1-3H3,(H,56,63)(H,57,66)/t36-,39+,42+,44-/m1/s1. The van der Waals surface area contributed by atoms with Crippen molar-refractivity contribution in [1.29, 1.82) is 0 Å². The molecule has 1 aromatic heterocycles. The van der Waals surface area contributed by atoms with Crippen LogP contribution in [0.25, 0.3) is 16.6 Å². The Morgan fingerprint density at radius 2 is 1.68 bits per heavy atom. The zero-order chi connectivity index (χ0) is 46.5. The lowest BCUT2D eigenvalue weighted by atomic mass is 9.69. The Hall–Kier alpha value is -4.17. The van der Waals surface area contributed by atoms with E-state index in [1.165, 1.54) is 28.1 Å². The van der Waals surface area contributed by atoms with Gasteiger partial charge in [-0.3, -0.25) is 23.7 Å². The van der Waals surface area contributed by atoms with E-state index in [0.29, 0.717) is 22.7 Å². The fourth-order valence-electron chi connectivity index (χ4n) is 11.3. The van der Waals surface area contributed by atoms with E-state index in [9.17, 15) is 28.7 Å². The Balaban J connectivity index is 0.811. The molecule has 3 aliphatic heterocycles. The summed E-state index contributed by atoms with van der Waals surface area (Å²) in [4.78, 5) is 63.1. The molecular formula is C52H63BrClFN6O5. The molecule has 0 radical (unpaired) electrons. The van der Waals surface area contributed by atoms with Crippen LogP contribution in [-0.2, 0) is 19.8 Å². The lowest BCUT2D eigenvalue weighted by Gasteiger charge is -2.36. The van der Waals surface area contributed by atoms with Crippen LogP contribution in [-0.4, -0.2) is 92.2 Å². The molecular weight excluding hydrogens is 923 g/mol. The minimum absolute atomic E-state index is 0.0534. The van der Waals surface area contributed by atoms with E-state index >= 15 is 0 Å². The van der Waals surface area contributed by atoms with Crippen LogP contribution in [0.5, 0.6) is 0 Å². The van der Waals surface area contributed by atoms with Crippen molar-refractivity contribution in [2.75, 3.05) is 26.2 Å². The first-order valence-electron chi connectivity index (χ1n) is 24.2. The average Bonchev–Trinajstić information content (AvgIpc) is 3.85. The molecule has 4 atom stereocenters. The summed E-state index contributed by atoms with van der Waals surface area (Å²) in [6.07, 6.45) is 10.6. The Labute approximate surface area is 400 Å². The minimum atomic E-state index is -1.96. The van der Waals surface area contributed by atoms with Crippen molar-refractivity contribution in [2.45, 2.75) is 152 Å². The fraction of sp³-hybridized carbons (Fsp3) is 0.558. The number of amides is 3. The summed E-state index contributed by atoms with van der Waals surface area (Å²) in [6, 6.07) is 18.2. The SMILES string of the molecule is CC(C)(C)[C@H](NC(=O)C1(F)CC1)C(=O)N1C[C@H](O)C[C@H]1C(=O)N[C@@H](CCCCCN1CCC(c2ccc3c(c2)-n2c(nc(=O)c4c(Br)cccc42)C32CCCCC2)CC1)c1ccc(Cl)cc1. The number of rotatable bonds is 13. The topological polar surface area (TPSA) is 137 Å². The Kier molecular flexibility index (Phi) is 13.3. The van der Waals surface area contributed by atoms with Gasteiger partial charge in [0, 0.05) is 22.5 Å². The Morgan fingerprint density at radius 3 is 2.38 bits per heavy atom. The number of aromatic nitrogens is 2. The van der Waals surface area contributed by atoms with E-state index in [0.717, 1.165) is 98.8 Å². The number of benzene rings is 3. The largest absolute Gasteiger partial charge is 0.391 e. The number of nitrogens with zero attached hydrogens (tertiary/aromatic N) is 4. The summed E-state index contributed by atoms with van der Waals surface area (Å²) in [5.74, 6) is -0.329. The van der Waals surface area contributed by atoms with Crippen LogP contribution in [0.4, 0.5) is 4.39 Å². The number of aliphatic hydroxyl groups excluding tert-OH is 1. The normalized spacial score (nSPS) is 22.2. The molecule has 352 valence electrons. The van der Waals surface area contributed by atoms with E-state index in [2.05, 4.69) is 60.3 Å². The van der Waals surface area contributed by atoms with Crippen LogP contribution in [0.1, 0.15) is 145 Å². The molecule has 11 nitrogen and oxygen atoms in total. The number of carbonyl (C=O) groups excluding carboxylic acids is 3. The van der Waals surface area contributed by atoms with Gasteiger partial charge in [0.25, 0.3) is 11.5 Å². The summed E-state index contributed by atoms with van der Waals surface area (Å²) in [6.45, 7) is 8.35. The second-order valence-corrected chi connectivity index (χ2v) is 22.1. The molecule has 4 heterocycles. The number of nitrogens with one attached hydrogen (secondary N) is 2. The molecule has 3 amide bonds. The number of alkyl halides is 1. The Morgan fingerprint density at radius 1 is 0.955 bits per heavy atom. The molecule has 4 fully saturated rings. The van der Waals surface area contributed by atoms with Crippen molar-refractivity contribution in [1.82, 2.24) is 30.0 Å². The number of likely N-dealkylation sites (tertiary alicyclic amines) is 2. The first kappa shape index (κ1) is 46.9. The van der Waals surface area contributed by atoms with Gasteiger partial charge in [0.05, 0.1) is 34.2 Å². The fourth-order valence-corrected chi connectivity index (χ4v) is 12.0. The highest BCUT2D eigenvalue weighted by Gasteiger charge is 2.53. The zero-order valence-electron chi connectivity index (χ0n) is 38.4. The van der Waals surface area contributed by atoms with Gasteiger partial charge < -0.3 is 25.5 Å². The number of carbonyl (C=O) groups is 3. The third kappa shape index (κ3) is 9.22. The zero-order valence-corrected chi connectivity index (χ0v) is 40.7. The second kappa shape index (κ2) is 18.7. The van der Waals surface area contributed by atoms with E-state index in [1.54, 1.807) is 32.9 Å². The average molecular weight is 986 g/mol.